The van der Waals surface area contributed by atoms with Gasteiger partial charge in [0.25, 0.3) is 0 Å². The van der Waals surface area contributed by atoms with Gasteiger partial charge >= 0.3 is 5.97 Å². The van der Waals surface area contributed by atoms with Crippen LogP contribution in [0, 0.1) is 11.6 Å². The summed E-state index contributed by atoms with van der Waals surface area (Å²) in [6.45, 7) is 4.39. The topological polar surface area (TPSA) is 35.5 Å². The first-order chi connectivity index (χ1) is 16.9. The van der Waals surface area contributed by atoms with Crippen LogP contribution in [0.4, 0.5) is 8.78 Å². The predicted molar refractivity (Wildman–Crippen MR) is 133 cm³/mol. The van der Waals surface area contributed by atoms with Gasteiger partial charge in [-0.25, -0.2) is 13.6 Å². The number of halogens is 2. The number of hydrogen-bond donors (Lipinski definition) is 0. The lowest BCUT2D eigenvalue weighted by Gasteiger charge is -2.14. The molecule has 0 aliphatic heterocycles. The number of hydrogen-bond acceptors (Lipinski definition) is 3. The van der Waals surface area contributed by atoms with Crippen molar-refractivity contribution in [3.63, 3.8) is 0 Å². The molecular formula is C30H26F2O3. The van der Waals surface area contributed by atoms with Crippen LogP contribution >= 0.6 is 0 Å². The largest absolute Gasteiger partial charge is 0.494 e. The van der Waals surface area contributed by atoms with Gasteiger partial charge in [-0.2, -0.15) is 0 Å². The minimum Gasteiger partial charge on any atom is -0.494 e. The summed E-state index contributed by atoms with van der Waals surface area (Å²) in [5.41, 5.74) is 2.44. The van der Waals surface area contributed by atoms with Crippen molar-refractivity contribution < 1.29 is 23.0 Å². The molecule has 1 atom stereocenters. The molecule has 0 N–H and O–H groups in total. The molecule has 0 unspecified atom stereocenters. The summed E-state index contributed by atoms with van der Waals surface area (Å²) in [6.07, 6.45) is 0.262. The van der Waals surface area contributed by atoms with Crippen LogP contribution in [0.15, 0.2) is 91.0 Å². The van der Waals surface area contributed by atoms with Crippen LogP contribution < -0.4 is 9.47 Å². The van der Waals surface area contributed by atoms with Crippen molar-refractivity contribution in [2.75, 3.05) is 6.61 Å². The fraction of sp³-hybridized carbons (Fsp3) is 0.167. The highest BCUT2D eigenvalue weighted by atomic mass is 19.1. The molecule has 0 fully saturated rings. The quantitative estimate of drug-likeness (QED) is 0.196. The van der Waals surface area contributed by atoms with E-state index in [4.69, 9.17) is 9.47 Å². The summed E-state index contributed by atoms with van der Waals surface area (Å²) < 4.78 is 40.5. The monoisotopic (exact) mass is 472 g/mol. The number of rotatable bonds is 8. The minimum atomic E-state index is -0.582. The normalized spacial score (nSPS) is 11.7. The van der Waals surface area contributed by atoms with E-state index in [1.807, 2.05) is 44.2 Å². The molecule has 0 saturated carbocycles. The minimum absolute atomic E-state index is 0.0216. The molecule has 0 saturated heterocycles. The van der Waals surface area contributed by atoms with Crippen LogP contribution in [0.5, 0.6) is 11.5 Å². The van der Waals surface area contributed by atoms with Gasteiger partial charge in [0, 0.05) is 5.56 Å². The zero-order chi connectivity index (χ0) is 24.8. The van der Waals surface area contributed by atoms with Crippen molar-refractivity contribution in [1.29, 1.82) is 0 Å². The SMILES string of the molecule is CCOc1ccc(OC(=O)c2ccc(-c3cc(F)c(C[C@@H](C)c4ccccc4)c(F)c3)cc2)cc1. The first kappa shape index (κ1) is 24.1. The van der Waals surface area contributed by atoms with Gasteiger partial charge < -0.3 is 9.47 Å². The summed E-state index contributed by atoms with van der Waals surface area (Å²) >= 11 is 0. The second-order valence-electron chi connectivity index (χ2n) is 8.31. The van der Waals surface area contributed by atoms with Gasteiger partial charge in [-0.1, -0.05) is 49.4 Å². The Morgan fingerprint density at radius 2 is 1.40 bits per heavy atom. The van der Waals surface area contributed by atoms with Gasteiger partial charge in [0.15, 0.2) is 0 Å². The van der Waals surface area contributed by atoms with Crippen LogP contribution in [0.3, 0.4) is 0 Å². The third kappa shape index (κ3) is 5.93. The molecule has 0 bridgehead atoms. The molecule has 178 valence electrons. The van der Waals surface area contributed by atoms with E-state index in [9.17, 15) is 13.6 Å². The number of ether oxygens (including phenoxy) is 2. The highest BCUT2D eigenvalue weighted by molar-refractivity contribution is 5.91. The summed E-state index contributed by atoms with van der Waals surface area (Å²) in [5, 5.41) is 0. The van der Waals surface area contributed by atoms with Gasteiger partial charge in [0.2, 0.25) is 0 Å². The Labute approximate surface area is 204 Å². The lowest BCUT2D eigenvalue weighted by molar-refractivity contribution is 0.0734. The van der Waals surface area contributed by atoms with Gasteiger partial charge in [-0.15, -0.1) is 0 Å². The van der Waals surface area contributed by atoms with E-state index < -0.39 is 17.6 Å². The molecular weight excluding hydrogens is 446 g/mol. The van der Waals surface area contributed by atoms with E-state index in [1.54, 1.807) is 48.5 Å². The maximum absolute atomic E-state index is 14.9. The Kier molecular flexibility index (Phi) is 7.56. The Morgan fingerprint density at radius 1 is 0.800 bits per heavy atom. The summed E-state index contributed by atoms with van der Waals surface area (Å²) in [5.74, 6) is -0.623. The van der Waals surface area contributed by atoms with Gasteiger partial charge in [0.1, 0.15) is 23.1 Å². The predicted octanol–water partition coefficient (Wildman–Crippen LogP) is 7.60. The number of carbonyl (C=O) groups excluding carboxylic acids is 1. The molecule has 5 heteroatoms. The van der Waals surface area contributed by atoms with Gasteiger partial charge in [0.05, 0.1) is 12.2 Å². The average Bonchev–Trinajstić information content (AvgIpc) is 2.88. The van der Waals surface area contributed by atoms with Crippen molar-refractivity contribution in [3.05, 3.63) is 119 Å². The van der Waals surface area contributed by atoms with E-state index >= 15 is 0 Å². The van der Waals surface area contributed by atoms with Crippen molar-refractivity contribution in [3.8, 4) is 22.6 Å². The van der Waals surface area contributed by atoms with Crippen LogP contribution in [-0.4, -0.2) is 12.6 Å². The molecule has 0 radical (unpaired) electrons. The second kappa shape index (κ2) is 11.0. The first-order valence-corrected chi connectivity index (χ1v) is 11.5. The second-order valence-corrected chi connectivity index (χ2v) is 8.31. The van der Waals surface area contributed by atoms with E-state index in [2.05, 4.69) is 0 Å². The summed E-state index contributed by atoms with van der Waals surface area (Å²) in [4.78, 5) is 12.5. The molecule has 3 nitrogen and oxygen atoms in total. The van der Waals surface area contributed by atoms with Crippen molar-refractivity contribution in [2.45, 2.75) is 26.2 Å². The van der Waals surface area contributed by atoms with E-state index in [-0.39, 0.29) is 17.9 Å². The van der Waals surface area contributed by atoms with E-state index in [0.29, 0.717) is 34.8 Å². The molecule has 0 aliphatic rings. The molecule has 0 spiro atoms. The van der Waals surface area contributed by atoms with Gasteiger partial charge in [-0.3, -0.25) is 0 Å². The molecule has 0 aliphatic carbocycles. The fourth-order valence-corrected chi connectivity index (χ4v) is 3.91. The van der Waals surface area contributed by atoms with Crippen LogP contribution in [0.2, 0.25) is 0 Å². The van der Waals surface area contributed by atoms with Crippen LogP contribution in [0.1, 0.15) is 41.3 Å². The molecule has 35 heavy (non-hydrogen) atoms. The Hall–Kier alpha value is -3.99. The fourth-order valence-electron chi connectivity index (χ4n) is 3.91. The van der Waals surface area contributed by atoms with E-state index in [1.165, 1.54) is 12.1 Å². The zero-order valence-corrected chi connectivity index (χ0v) is 19.6. The number of esters is 1. The third-order valence-electron chi connectivity index (χ3n) is 5.82. The molecule has 0 heterocycles. The molecule has 4 aromatic carbocycles. The van der Waals surface area contributed by atoms with Crippen molar-refractivity contribution in [1.82, 2.24) is 0 Å². The lowest BCUT2D eigenvalue weighted by Crippen LogP contribution is -2.08. The Morgan fingerprint density at radius 3 is 2.00 bits per heavy atom. The maximum Gasteiger partial charge on any atom is 0.343 e. The zero-order valence-electron chi connectivity index (χ0n) is 19.6. The van der Waals surface area contributed by atoms with Crippen molar-refractivity contribution >= 4 is 5.97 Å². The van der Waals surface area contributed by atoms with Crippen LogP contribution in [-0.2, 0) is 6.42 Å². The number of carbonyl (C=O) groups is 1. The smallest absolute Gasteiger partial charge is 0.343 e. The average molecular weight is 473 g/mol. The third-order valence-corrected chi connectivity index (χ3v) is 5.82. The first-order valence-electron chi connectivity index (χ1n) is 11.5. The molecule has 4 rings (SSSR count). The Balaban J connectivity index is 1.46. The van der Waals surface area contributed by atoms with Gasteiger partial charge in [-0.05, 0) is 84.5 Å². The Bertz CT molecular complexity index is 1260. The van der Waals surface area contributed by atoms with E-state index in [0.717, 1.165) is 5.56 Å². The summed E-state index contributed by atoms with van der Waals surface area (Å²) in [6, 6.07) is 25.5. The highest BCUT2D eigenvalue weighted by Crippen LogP contribution is 2.29. The highest BCUT2D eigenvalue weighted by Gasteiger charge is 2.17. The summed E-state index contributed by atoms with van der Waals surface area (Å²) in [7, 11) is 0. The molecule has 0 aromatic heterocycles. The molecule has 0 amide bonds. The standard InChI is InChI=1S/C30H26F2O3/c1-3-34-25-13-15-26(16-14-25)35-30(33)23-11-9-22(10-12-23)24-18-28(31)27(29(32)19-24)17-20(2)21-7-5-4-6-8-21/h4-16,18-20H,3,17H2,1-2H3/t20-/m1/s1. The van der Waals surface area contributed by atoms with Crippen LogP contribution in [0.25, 0.3) is 11.1 Å². The van der Waals surface area contributed by atoms with Crippen molar-refractivity contribution in [2.24, 2.45) is 0 Å². The molecule has 4 aromatic rings. The number of benzene rings is 4. The lowest BCUT2D eigenvalue weighted by atomic mass is 9.92. The maximum atomic E-state index is 14.9.